The van der Waals surface area contributed by atoms with Gasteiger partial charge in [0.2, 0.25) is 5.91 Å². The summed E-state index contributed by atoms with van der Waals surface area (Å²) in [5, 5.41) is 0.534. The van der Waals surface area contributed by atoms with Gasteiger partial charge in [0.15, 0.2) is 9.84 Å². The van der Waals surface area contributed by atoms with Crippen LogP contribution in [0.25, 0.3) is 0 Å². The molecule has 2 saturated heterocycles. The monoisotopic (exact) mass is 370 g/mol. The summed E-state index contributed by atoms with van der Waals surface area (Å²) in [7, 11) is -3.27. The van der Waals surface area contributed by atoms with Crippen LogP contribution in [0.1, 0.15) is 23.7 Å². The van der Waals surface area contributed by atoms with Crippen molar-refractivity contribution in [1.82, 2.24) is 9.80 Å². The Bertz CT molecular complexity index is 763. The number of nitrogens with zero attached hydrogens (tertiary/aromatic N) is 2. The van der Waals surface area contributed by atoms with Crippen molar-refractivity contribution in [3.05, 3.63) is 34.9 Å². The Morgan fingerprint density at radius 3 is 2.21 bits per heavy atom. The number of piperazine rings is 1. The molecule has 1 aromatic rings. The zero-order chi connectivity index (χ0) is 17.5. The lowest BCUT2D eigenvalue weighted by Gasteiger charge is -2.43. The molecule has 2 atom stereocenters. The number of amides is 2. The van der Waals surface area contributed by atoms with Crippen LogP contribution in [0, 0.1) is 0 Å². The number of sulfone groups is 1. The second kappa shape index (κ2) is 6.37. The molecule has 2 fully saturated rings. The average Bonchev–Trinajstić information content (AvgIpc) is 2.88. The van der Waals surface area contributed by atoms with Crippen molar-refractivity contribution in [2.24, 2.45) is 0 Å². The SMILES string of the molecule is CCC(=O)N1CCN(C(=O)c2ccc(Cl)cc2)C2CS(=O)(=O)CC21. The number of carbonyl (C=O) groups is 2. The van der Waals surface area contributed by atoms with E-state index < -0.39 is 21.9 Å². The predicted molar refractivity (Wildman–Crippen MR) is 90.7 cm³/mol. The molecule has 24 heavy (non-hydrogen) atoms. The minimum absolute atomic E-state index is 0.0688. The number of benzene rings is 1. The maximum absolute atomic E-state index is 12.8. The van der Waals surface area contributed by atoms with E-state index in [9.17, 15) is 18.0 Å². The van der Waals surface area contributed by atoms with Gasteiger partial charge in [-0.25, -0.2) is 8.42 Å². The molecule has 6 nitrogen and oxygen atoms in total. The summed E-state index contributed by atoms with van der Waals surface area (Å²) in [6.07, 6.45) is 0.328. The van der Waals surface area contributed by atoms with Gasteiger partial charge in [-0.2, -0.15) is 0 Å². The Labute approximate surface area is 146 Å². The van der Waals surface area contributed by atoms with Crippen LogP contribution in [-0.2, 0) is 14.6 Å². The molecule has 0 bridgehead atoms. The number of carbonyl (C=O) groups excluding carboxylic acids is 2. The molecule has 2 aliphatic heterocycles. The molecule has 2 aliphatic rings. The first kappa shape index (κ1) is 17.2. The minimum atomic E-state index is -3.27. The number of fused-ring (bicyclic) bond motifs is 1. The smallest absolute Gasteiger partial charge is 0.254 e. The summed E-state index contributed by atoms with van der Waals surface area (Å²) >= 11 is 5.85. The Balaban J connectivity index is 1.89. The van der Waals surface area contributed by atoms with Gasteiger partial charge < -0.3 is 9.80 Å². The van der Waals surface area contributed by atoms with Gasteiger partial charge in [-0.1, -0.05) is 18.5 Å². The fourth-order valence-electron chi connectivity index (χ4n) is 3.48. The minimum Gasteiger partial charge on any atom is -0.335 e. The molecule has 0 radical (unpaired) electrons. The van der Waals surface area contributed by atoms with Crippen LogP contribution in [0.4, 0.5) is 0 Å². The van der Waals surface area contributed by atoms with E-state index in [1.54, 1.807) is 41.0 Å². The summed E-state index contributed by atoms with van der Waals surface area (Å²) in [6, 6.07) is 5.59. The van der Waals surface area contributed by atoms with Gasteiger partial charge >= 0.3 is 0 Å². The van der Waals surface area contributed by atoms with Crippen LogP contribution in [0.5, 0.6) is 0 Å². The molecule has 0 aromatic heterocycles. The third-order valence-electron chi connectivity index (χ3n) is 4.65. The lowest BCUT2D eigenvalue weighted by atomic mass is 10.0. The topological polar surface area (TPSA) is 74.8 Å². The molecule has 0 spiro atoms. The van der Waals surface area contributed by atoms with Gasteiger partial charge in [0.25, 0.3) is 5.91 Å². The summed E-state index contributed by atoms with van der Waals surface area (Å²) in [5.74, 6) is -0.457. The highest BCUT2D eigenvalue weighted by molar-refractivity contribution is 7.91. The standard InChI is InChI=1S/C16H19ClN2O4S/c1-2-15(20)18-7-8-19(14-10-24(22,23)9-13(14)18)16(21)11-3-5-12(17)6-4-11/h3-6,13-14H,2,7-10H2,1H3. The van der Waals surface area contributed by atoms with Crippen LogP contribution in [0.3, 0.4) is 0 Å². The highest BCUT2D eigenvalue weighted by Gasteiger charge is 2.49. The van der Waals surface area contributed by atoms with Crippen LogP contribution >= 0.6 is 11.6 Å². The van der Waals surface area contributed by atoms with Crippen LogP contribution in [0.2, 0.25) is 5.02 Å². The van der Waals surface area contributed by atoms with Crippen LogP contribution in [-0.4, -0.2) is 66.7 Å². The third kappa shape index (κ3) is 3.15. The Kier molecular flexibility index (Phi) is 4.57. The molecule has 130 valence electrons. The number of hydrogen-bond donors (Lipinski definition) is 0. The lowest BCUT2D eigenvalue weighted by Crippen LogP contribution is -2.61. The van der Waals surface area contributed by atoms with Crippen molar-refractivity contribution in [3.8, 4) is 0 Å². The Morgan fingerprint density at radius 1 is 1.08 bits per heavy atom. The zero-order valence-corrected chi connectivity index (χ0v) is 14.9. The fourth-order valence-corrected chi connectivity index (χ4v) is 5.58. The molecular formula is C16H19ClN2O4S. The van der Waals surface area contributed by atoms with Crippen molar-refractivity contribution >= 4 is 33.3 Å². The first-order chi connectivity index (χ1) is 11.3. The first-order valence-electron chi connectivity index (χ1n) is 7.89. The number of hydrogen-bond acceptors (Lipinski definition) is 4. The summed E-state index contributed by atoms with van der Waals surface area (Å²) in [4.78, 5) is 28.1. The van der Waals surface area contributed by atoms with E-state index >= 15 is 0 Å². The maximum atomic E-state index is 12.8. The molecule has 0 N–H and O–H groups in total. The normalized spacial score (nSPS) is 25.4. The van der Waals surface area contributed by atoms with Crippen molar-refractivity contribution in [2.45, 2.75) is 25.4 Å². The lowest BCUT2D eigenvalue weighted by molar-refractivity contribution is -0.135. The molecule has 2 amide bonds. The second-order valence-corrected chi connectivity index (χ2v) is 8.75. The van der Waals surface area contributed by atoms with Crippen LogP contribution in [0.15, 0.2) is 24.3 Å². The van der Waals surface area contributed by atoms with E-state index in [1.165, 1.54) is 0 Å². The van der Waals surface area contributed by atoms with Crippen LogP contribution < -0.4 is 0 Å². The molecule has 2 unspecified atom stereocenters. The molecule has 8 heteroatoms. The largest absolute Gasteiger partial charge is 0.335 e. The maximum Gasteiger partial charge on any atom is 0.254 e. The van der Waals surface area contributed by atoms with Gasteiger partial charge in [0.1, 0.15) is 0 Å². The molecule has 0 saturated carbocycles. The van der Waals surface area contributed by atoms with E-state index in [1.807, 2.05) is 0 Å². The van der Waals surface area contributed by atoms with Gasteiger partial charge in [0, 0.05) is 30.1 Å². The van der Waals surface area contributed by atoms with Gasteiger partial charge in [-0.15, -0.1) is 0 Å². The molecule has 1 aromatic carbocycles. The van der Waals surface area contributed by atoms with Crippen molar-refractivity contribution < 1.29 is 18.0 Å². The first-order valence-corrected chi connectivity index (χ1v) is 10.1. The van der Waals surface area contributed by atoms with Gasteiger partial charge in [-0.3, -0.25) is 9.59 Å². The van der Waals surface area contributed by atoms with E-state index in [2.05, 4.69) is 0 Å². The summed E-state index contributed by atoms with van der Waals surface area (Å²) in [6.45, 7) is 2.46. The Morgan fingerprint density at radius 2 is 1.62 bits per heavy atom. The molecule has 2 heterocycles. The third-order valence-corrected chi connectivity index (χ3v) is 6.60. The number of halogens is 1. The summed E-state index contributed by atoms with van der Waals surface area (Å²) < 4.78 is 24.2. The average molecular weight is 371 g/mol. The van der Waals surface area contributed by atoms with Gasteiger partial charge in [0.05, 0.1) is 23.6 Å². The van der Waals surface area contributed by atoms with E-state index in [4.69, 9.17) is 11.6 Å². The van der Waals surface area contributed by atoms with Gasteiger partial charge in [-0.05, 0) is 24.3 Å². The van der Waals surface area contributed by atoms with Crippen molar-refractivity contribution in [2.75, 3.05) is 24.6 Å². The van der Waals surface area contributed by atoms with Crippen molar-refractivity contribution in [1.29, 1.82) is 0 Å². The zero-order valence-electron chi connectivity index (χ0n) is 13.3. The number of rotatable bonds is 2. The molecule has 3 rings (SSSR count). The quantitative estimate of drug-likeness (QED) is 0.784. The fraction of sp³-hybridized carbons (Fsp3) is 0.500. The van der Waals surface area contributed by atoms with Crippen molar-refractivity contribution in [3.63, 3.8) is 0 Å². The predicted octanol–water partition coefficient (Wildman–Crippen LogP) is 1.20. The molecular weight excluding hydrogens is 352 g/mol. The van der Waals surface area contributed by atoms with E-state index in [0.29, 0.717) is 30.1 Å². The van der Waals surface area contributed by atoms with E-state index in [0.717, 1.165) is 0 Å². The highest BCUT2D eigenvalue weighted by Crippen LogP contribution is 2.28. The highest BCUT2D eigenvalue weighted by atomic mass is 35.5. The summed E-state index contributed by atoms with van der Waals surface area (Å²) in [5.41, 5.74) is 0.470. The van der Waals surface area contributed by atoms with E-state index in [-0.39, 0.29) is 23.3 Å². The molecule has 0 aliphatic carbocycles. The Hall–Kier alpha value is -1.60. The second-order valence-electron chi connectivity index (χ2n) is 6.16.